The fourth-order valence-electron chi connectivity index (χ4n) is 4.25. The molecular formula is C22H23N3O4. The van der Waals surface area contributed by atoms with E-state index in [0.717, 1.165) is 28.4 Å². The van der Waals surface area contributed by atoms with E-state index in [1.54, 1.807) is 0 Å². The van der Waals surface area contributed by atoms with E-state index < -0.39 is 5.54 Å². The Kier molecular flexibility index (Phi) is 4.30. The number of rotatable bonds is 3. The van der Waals surface area contributed by atoms with Crippen LogP contribution < -0.4 is 20.1 Å². The maximum absolute atomic E-state index is 12.7. The van der Waals surface area contributed by atoms with Crippen LogP contribution in [0.4, 0.5) is 11.4 Å². The van der Waals surface area contributed by atoms with Crippen LogP contribution in [-0.4, -0.2) is 42.1 Å². The molecule has 0 aliphatic carbocycles. The normalized spacial score (nSPS) is 18.8. The van der Waals surface area contributed by atoms with Crippen LogP contribution in [0.1, 0.15) is 24.8 Å². The third kappa shape index (κ3) is 3.26. The minimum absolute atomic E-state index is 0.0105. The van der Waals surface area contributed by atoms with Crippen molar-refractivity contribution in [3.8, 4) is 11.5 Å². The Morgan fingerprint density at radius 2 is 1.79 bits per heavy atom. The molecule has 0 atom stereocenters. The van der Waals surface area contributed by atoms with Crippen molar-refractivity contribution >= 4 is 23.2 Å². The summed E-state index contributed by atoms with van der Waals surface area (Å²) < 4.78 is 10.7. The van der Waals surface area contributed by atoms with Gasteiger partial charge in [0, 0.05) is 19.5 Å². The highest BCUT2D eigenvalue weighted by molar-refractivity contribution is 6.06. The Labute approximate surface area is 169 Å². The van der Waals surface area contributed by atoms with Gasteiger partial charge >= 0.3 is 0 Å². The van der Waals surface area contributed by atoms with Crippen LogP contribution in [0.2, 0.25) is 0 Å². The maximum Gasteiger partial charge on any atom is 0.250 e. The molecule has 0 radical (unpaired) electrons. The van der Waals surface area contributed by atoms with Crippen LogP contribution in [0.5, 0.6) is 11.5 Å². The van der Waals surface area contributed by atoms with E-state index in [0.29, 0.717) is 38.8 Å². The lowest BCUT2D eigenvalue weighted by atomic mass is 9.84. The van der Waals surface area contributed by atoms with Crippen molar-refractivity contribution in [2.24, 2.45) is 0 Å². The predicted molar refractivity (Wildman–Crippen MR) is 108 cm³/mol. The van der Waals surface area contributed by atoms with Crippen molar-refractivity contribution in [2.75, 3.05) is 30.5 Å². The molecule has 0 aromatic heterocycles. The van der Waals surface area contributed by atoms with E-state index in [1.165, 1.54) is 0 Å². The molecule has 0 unspecified atom stereocenters. The van der Waals surface area contributed by atoms with Gasteiger partial charge in [-0.1, -0.05) is 18.2 Å². The van der Waals surface area contributed by atoms with Crippen molar-refractivity contribution in [2.45, 2.75) is 31.2 Å². The number of fused-ring (bicyclic) bond motifs is 2. The van der Waals surface area contributed by atoms with Gasteiger partial charge in [-0.15, -0.1) is 0 Å². The van der Waals surface area contributed by atoms with Gasteiger partial charge in [-0.25, -0.2) is 0 Å². The molecule has 2 N–H and O–H groups in total. The highest BCUT2D eigenvalue weighted by Gasteiger charge is 2.44. The van der Waals surface area contributed by atoms with Crippen LogP contribution in [-0.2, 0) is 16.0 Å². The fourth-order valence-corrected chi connectivity index (χ4v) is 4.25. The lowest BCUT2D eigenvalue weighted by Gasteiger charge is -2.44. The van der Waals surface area contributed by atoms with Gasteiger partial charge in [0.05, 0.1) is 11.4 Å². The summed E-state index contributed by atoms with van der Waals surface area (Å²) in [5, 5.41) is 6.43. The van der Waals surface area contributed by atoms with Gasteiger partial charge in [-0.05, 0) is 49.1 Å². The maximum atomic E-state index is 12.7. The SMILES string of the molecule is O=C(CCc1ccc2c(c1)OCO2)N1CCC2(CC1)Nc1ccccc1NC2=O. The van der Waals surface area contributed by atoms with Crippen molar-refractivity contribution < 1.29 is 19.1 Å². The van der Waals surface area contributed by atoms with Crippen molar-refractivity contribution in [3.63, 3.8) is 0 Å². The quantitative estimate of drug-likeness (QED) is 0.838. The van der Waals surface area contributed by atoms with Gasteiger partial charge < -0.3 is 25.0 Å². The minimum Gasteiger partial charge on any atom is -0.454 e. The summed E-state index contributed by atoms with van der Waals surface area (Å²) in [6.45, 7) is 1.39. The second kappa shape index (κ2) is 6.99. The summed E-state index contributed by atoms with van der Waals surface area (Å²) in [6.07, 6.45) is 2.30. The zero-order chi connectivity index (χ0) is 19.8. The third-order valence-corrected chi connectivity index (χ3v) is 6.02. The molecule has 7 heteroatoms. The molecule has 3 heterocycles. The first kappa shape index (κ1) is 17.8. The number of anilines is 2. The van der Waals surface area contributed by atoms with Crippen molar-refractivity contribution in [1.29, 1.82) is 0 Å². The highest BCUT2D eigenvalue weighted by atomic mass is 16.7. The monoisotopic (exact) mass is 393 g/mol. The zero-order valence-electron chi connectivity index (χ0n) is 16.1. The summed E-state index contributed by atoms with van der Waals surface area (Å²) >= 11 is 0. The van der Waals surface area contributed by atoms with Gasteiger partial charge in [0.25, 0.3) is 0 Å². The summed E-state index contributed by atoms with van der Waals surface area (Å²) in [7, 11) is 0. The summed E-state index contributed by atoms with van der Waals surface area (Å²) in [6, 6.07) is 13.5. The number of para-hydroxylation sites is 2. The van der Waals surface area contributed by atoms with Crippen LogP contribution in [0.15, 0.2) is 42.5 Å². The smallest absolute Gasteiger partial charge is 0.250 e. The Morgan fingerprint density at radius 3 is 2.62 bits per heavy atom. The number of benzene rings is 2. The zero-order valence-corrected chi connectivity index (χ0v) is 16.1. The van der Waals surface area contributed by atoms with Crippen molar-refractivity contribution in [1.82, 2.24) is 4.90 Å². The Morgan fingerprint density at radius 1 is 1.03 bits per heavy atom. The number of nitrogens with zero attached hydrogens (tertiary/aromatic N) is 1. The molecule has 1 spiro atoms. The molecule has 3 aliphatic heterocycles. The molecular weight excluding hydrogens is 370 g/mol. The van der Waals surface area contributed by atoms with Gasteiger partial charge in [0.1, 0.15) is 5.54 Å². The van der Waals surface area contributed by atoms with Crippen LogP contribution in [0, 0.1) is 0 Å². The topological polar surface area (TPSA) is 79.9 Å². The van der Waals surface area contributed by atoms with Gasteiger partial charge in [-0.3, -0.25) is 9.59 Å². The second-order valence-corrected chi connectivity index (χ2v) is 7.78. The number of likely N-dealkylation sites (tertiary alicyclic amines) is 1. The van der Waals surface area contributed by atoms with E-state index >= 15 is 0 Å². The number of carbonyl (C=O) groups excluding carboxylic acids is 2. The highest BCUT2D eigenvalue weighted by Crippen LogP contribution is 2.36. The molecule has 29 heavy (non-hydrogen) atoms. The lowest BCUT2D eigenvalue weighted by Crippen LogP contribution is -2.59. The lowest BCUT2D eigenvalue weighted by molar-refractivity contribution is -0.134. The minimum atomic E-state index is -0.636. The molecule has 5 rings (SSSR count). The number of ether oxygens (including phenoxy) is 2. The molecule has 0 saturated carbocycles. The van der Waals surface area contributed by atoms with E-state index in [2.05, 4.69) is 10.6 Å². The molecule has 0 bridgehead atoms. The molecule has 7 nitrogen and oxygen atoms in total. The van der Waals surface area contributed by atoms with Crippen LogP contribution in [0.25, 0.3) is 0 Å². The molecule has 3 aliphatic rings. The Hall–Kier alpha value is -3.22. The van der Waals surface area contributed by atoms with E-state index in [9.17, 15) is 9.59 Å². The molecule has 150 valence electrons. The van der Waals surface area contributed by atoms with Crippen LogP contribution >= 0.6 is 0 Å². The molecule has 1 saturated heterocycles. The molecule has 1 fully saturated rings. The van der Waals surface area contributed by atoms with E-state index in [1.807, 2.05) is 47.4 Å². The van der Waals surface area contributed by atoms with E-state index in [-0.39, 0.29) is 18.6 Å². The number of hydrogen-bond acceptors (Lipinski definition) is 5. The van der Waals surface area contributed by atoms with Gasteiger partial charge in [0.15, 0.2) is 11.5 Å². The number of hydrogen-bond donors (Lipinski definition) is 2. The summed E-state index contributed by atoms with van der Waals surface area (Å²) in [5.74, 6) is 1.60. The Balaban J connectivity index is 1.18. The number of aryl methyl sites for hydroxylation is 1. The summed E-state index contributed by atoms with van der Waals surface area (Å²) in [5.41, 5.74) is 2.17. The van der Waals surface area contributed by atoms with Gasteiger partial charge in [-0.2, -0.15) is 0 Å². The molecule has 2 aromatic carbocycles. The number of amides is 2. The predicted octanol–water partition coefficient (Wildman–Crippen LogP) is 2.77. The van der Waals surface area contributed by atoms with Crippen molar-refractivity contribution in [3.05, 3.63) is 48.0 Å². The van der Waals surface area contributed by atoms with E-state index in [4.69, 9.17) is 9.47 Å². The average molecular weight is 393 g/mol. The van der Waals surface area contributed by atoms with Gasteiger partial charge in [0.2, 0.25) is 18.6 Å². The molecule has 2 amide bonds. The standard InChI is InChI=1S/C22H23N3O4/c26-20(8-6-15-5-7-18-19(13-15)29-14-28-18)25-11-9-22(10-12-25)21(27)23-16-3-1-2-4-17(16)24-22/h1-5,7,13,24H,6,8-12,14H2,(H,23,27). The number of carbonyl (C=O) groups is 2. The molecule has 2 aromatic rings. The average Bonchev–Trinajstić information content (AvgIpc) is 3.21. The number of piperidine rings is 1. The Bertz CT molecular complexity index is 966. The first-order valence-corrected chi connectivity index (χ1v) is 9.98. The summed E-state index contributed by atoms with van der Waals surface area (Å²) in [4.78, 5) is 27.3. The fraction of sp³-hybridized carbons (Fsp3) is 0.364. The number of nitrogens with one attached hydrogen (secondary N) is 2. The third-order valence-electron chi connectivity index (χ3n) is 6.02. The second-order valence-electron chi connectivity index (χ2n) is 7.78. The first-order valence-electron chi connectivity index (χ1n) is 9.98. The van der Waals surface area contributed by atoms with Crippen LogP contribution in [0.3, 0.4) is 0 Å². The first-order chi connectivity index (χ1) is 14.1. The largest absolute Gasteiger partial charge is 0.454 e.